The summed E-state index contributed by atoms with van der Waals surface area (Å²) in [6, 6.07) is 11.6. The Morgan fingerprint density at radius 1 is 0.978 bits per heavy atom. The molecule has 0 fully saturated rings. The van der Waals surface area contributed by atoms with Crippen LogP contribution in [0.2, 0.25) is 0 Å². The fraction of sp³-hybridized carbons (Fsp3) is 0.182. The SMILES string of the molecule is CSc1sc(C(=N)N)cc1S(=O)(=NS(=O)(=O)c1cccc(N(S(C)(=O)=O)S(C)(=O)=O)c1)c1cccc(Br)c1.O=C(O)C(F)(F)F. The number of alkyl halides is 3. The number of hydrogen-bond donors (Lipinski definition) is 3. The minimum absolute atomic E-state index is 0.0342. The van der Waals surface area contributed by atoms with Crippen molar-refractivity contribution in [2.24, 2.45) is 9.50 Å². The van der Waals surface area contributed by atoms with Gasteiger partial charge in [-0.05, 0) is 48.7 Å². The number of hydrogen-bond acceptors (Lipinski definition) is 11. The number of aliphatic carboxylic acids is 1. The normalized spacial score (nSPS) is 13.6. The predicted octanol–water partition coefficient (Wildman–Crippen LogP) is 4.15. The first-order valence-corrected chi connectivity index (χ1v) is 20.7. The lowest BCUT2D eigenvalue weighted by Gasteiger charge is -2.20. The van der Waals surface area contributed by atoms with Gasteiger partial charge in [0.15, 0.2) is 0 Å². The second-order valence-electron chi connectivity index (χ2n) is 8.44. The molecule has 0 saturated heterocycles. The Morgan fingerprint density at radius 2 is 1.49 bits per heavy atom. The van der Waals surface area contributed by atoms with E-state index in [0.717, 1.165) is 35.6 Å². The topological polar surface area (TPSA) is 222 Å². The van der Waals surface area contributed by atoms with Gasteiger partial charge in [-0.1, -0.05) is 31.8 Å². The van der Waals surface area contributed by atoms with E-state index in [2.05, 4.69) is 19.7 Å². The van der Waals surface area contributed by atoms with Crippen molar-refractivity contribution in [3.63, 3.8) is 0 Å². The van der Waals surface area contributed by atoms with Gasteiger partial charge in [-0.25, -0.2) is 25.8 Å². The molecule has 1 heterocycles. The molecule has 2 aromatic carbocycles. The second kappa shape index (κ2) is 14.0. The zero-order valence-electron chi connectivity index (χ0n) is 22.8. The molecule has 3 rings (SSSR count). The van der Waals surface area contributed by atoms with E-state index in [1.807, 2.05) is 0 Å². The number of nitrogen functional groups attached to an aromatic ring is 1. The van der Waals surface area contributed by atoms with Crippen LogP contribution in [0.3, 0.4) is 0 Å². The summed E-state index contributed by atoms with van der Waals surface area (Å²) in [5.74, 6) is -3.06. The summed E-state index contributed by atoms with van der Waals surface area (Å²) in [5, 5.41) is 14.9. The number of carboxylic acids is 1. The summed E-state index contributed by atoms with van der Waals surface area (Å²) in [6.45, 7) is 0. The van der Waals surface area contributed by atoms with Gasteiger partial charge < -0.3 is 10.8 Å². The van der Waals surface area contributed by atoms with E-state index in [-0.39, 0.29) is 24.2 Å². The number of rotatable bonds is 9. The first-order valence-electron chi connectivity index (χ1n) is 11.3. The maximum absolute atomic E-state index is 14.6. The van der Waals surface area contributed by atoms with Gasteiger partial charge in [-0.3, -0.25) is 5.41 Å². The van der Waals surface area contributed by atoms with Gasteiger partial charge in [0.2, 0.25) is 20.0 Å². The van der Waals surface area contributed by atoms with Gasteiger partial charge >= 0.3 is 12.1 Å². The van der Waals surface area contributed by atoms with Crippen LogP contribution < -0.4 is 9.44 Å². The van der Waals surface area contributed by atoms with E-state index in [0.29, 0.717) is 21.2 Å². The highest BCUT2D eigenvalue weighted by Gasteiger charge is 2.38. The Bertz CT molecular complexity index is 2060. The molecule has 45 heavy (non-hydrogen) atoms. The van der Waals surface area contributed by atoms with E-state index in [1.54, 1.807) is 18.4 Å². The van der Waals surface area contributed by atoms with E-state index < -0.39 is 62.5 Å². The second-order valence-corrected chi connectivity index (χ2v) is 19.4. The smallest absolute Gasteiger partial charge is 0.475 e. The first-order chi connectivity index (χ1) is 20.3. The largest absolute Gasteiger partial charge is 0.490 e. The Labute approximate surface area is 273 Å². The number of thiophene rings is 1. The highest BCUT2D eigenvalue weighted by Crippen LogP contribution is 2.39. The van der Waals surface area contributed by atoms with Crippen LogP contribution in [0.15, 0.2) is 81.7 Å². The van der Waals surface area contributed by atoms with Gasteiger partial charge in [-0.15, -0.1) is 23.1 Å². The number of nitrogens with one attached hydrogen (secondary N) is 1. The van der Waals surface area contributed by atoms with E-state index in [9.17, 15) is 42.6 Å². The molecule has 13 nitrogen and oxygen atoms in total. The third-order valence-electron chi connectivity index (χ3n) is 4.90. The molecule has 248 valence electrons. The molecule has 23 heteroatoms. The average molecular weight is 816 g/mol. The molecule has 0 aliphatic rings. The number of halogens is 4. The zero-order chi connectivity index (χ0) is 34.8. The number of sulfonamides is 3. The highest BCUT2D eigenvalue weighted by molar-refractivity contribution is 9.10. The molecule has 0 saturated carbocycles. The van der Waals surface area contributed by atoms with Crippen molar-refractivity contribution in [1.82, 2.24) is 0 Å². The van der Waals surface area contributed by atoms with Crippen molar-refractivity contribution in [1.29, 1.82) is 5.41 Å². The van der Waals surface area contributed by atoms with Crippen molar-refractivity contribution in [3.05, 3.63) is 63.9 Å². The summed E-state index contributed by atoms with van der Waals surface area (Å²) in [4.78, 5) is 8.66. The van der Waals surface area contributed by atoms with E-state index >= 15 is 0 Å². The minimum Gasteiger partial charge on any atom is -0.475 e. The monoisotopic (exact) mass is 814 g/mol. The van der Waals surface area contributed by atoms with Crippen LogP contribution in [0.1, 0.15) is 4.88 Å². The molecule has 3 aromatic rings. The predicted molar refractivity (Wildman–Crippen MR) is 168 cm³/mol. The Morgan fingerprint density at radius 3 is 1.93 bits per heavy atom. The lowest BCUT2D eigenvalue weighted by atomic mass is 10.3. The maximum atomic E-state index is 14.6. The van der Waals surface area contributed by atoms with Crippen LogP contribution in [-0.4, -0.2) is 71.3 Å². The summed E-state index contributed by atoms with van der Waals surface area (Å²) in [5.41, 5.74) is 5.16. The molecule has 0 aliphatic heterocycles. The van der Waals surface area contributed by atoms with Crippen LogP contribution in [-0.2, 0) is 44.6 Å². The number of carboxylic acid groups (broad SMARTS) is 1. The Hall–Kier alpha value is -2.70. The Kier molecular flexibility index (Phi) is 11.9. The fourth-order valence-electron chi connectivity index (χ4n) is 3.24. The number of thioether (sulfide) groups is 1. The van der Waals surface area contributed by atoms with Gasteiger partial charge in [-0.2, -0.15) is 25.3 Å². The molecule has 0 radical (unpaired) electrons. The molecule has 1 unspecified atom stereocenters. The van der Waals surface area contributed by atoms with Crippen LogP contribution in [0.5, 0.6) is 0 Å². The standard InChI is InChI=1S/C20H21BrN4O7S6.C2HF3O2/c1-33-20-18(12-17(34-20)19(22)23)37(30,15-8-4-6-13(21)10-15)24-38(31,32)16-9-5-7-14(11-16)25(35(2,26)27)36(3,28)29;3-2(4,5)1(6)7/h4-12H,1-3H3,(H3,22,23);(H,6,7). The lowest BCUT2D eigenvalue weighted by molar-refractivity contribution is -0.192. The minimum atomic E-state index is -5.08. The molecule has 1 atom stereocenters. The lowest BCUT2D eigenvalue weighted by Crippen LogP contribution is -2.35. The van der Waals surface area contributed by atoms with Crippen LogP contribution in [0.4, 0.5) is 18.9 Å². The van der Waals surface area contributed by atoms with Crippen LogP contribution in [0.25, 0.3) is 0 Å². The highest BCUT2D eigenvalue weighted by atomic mass is 79.9. The van der Waals surface area contributed by atoms with Crippen molar-refractivity contribution >= 4 is 96.3 Å². The van der Waals surface area contributed by atoms with Gasteiger partial charge in [0.05, 0.1) is 42.0 Å². The molecule has 0 aliphatic carbocycles. The number of amidine groups is 1. The summed E-state index contributed by atoms with van der Waals surface area (Å²) in [6.07, 6.45) is -2.08. The maximum Gasteiger partial charge on any atom is 0.490 e. The molecular formula is C22H22BrF3N4O9S6. The number of nitrogens with two attached hydrogens (primary N) is 1. The van der Waals surface area contributed by atoms with Gasteiger partial charge in [0.25, 0.3) is 10.0 Å². The van der Waals surface area contributed by atoms with E-state index in [4.69, 9.17) is 21.0 Å². The summed E-state index contributed by atoms with van der Waals surface area (Å²) in [7, 11) is -17.4. The van der Waals surface area contributed by atoms with Crippen molar-refractivity contribution in [2.75, 3.05) is 22.5 Å². The third-order valence-corrected chi connectivity index (χ3v) is 15.5. The number of nitrogens with zero attached hydrogens (tertiary/aromatic N) is 2. The Balaban J connectivity index is 0.000000900. The molecule has 0 spiro atoms. The van der Waals surface area contributed by atoms with Gasteiger partial charge in [0, 0.05) is 4.47 Å². The third kappa shape index (κ3) is 9.65. The molecule has 1 aromatic heterocycles. The zero-order valence-corrected chi connectivity index (χ0v) is 29.3. The number of carbonyl (C=O) groups is 1. The molecule has 0 amide bonds. The number of benzene rings is 2. The van der Waals surface area contributed by atoms with Crippen molar-refractivity contribution in [3.8, 4) is 0 Å². The van der Waals surface area contributed by atoms with Crippen LogP contribution >= 0.6 is 39.0 Å². The average Bonchev–Trinajstić information content (AvgIpc) is 3.33. The van der Waals surface area contributed by atoms with E-state index in [1.165, 1.54) is 30.0 Å². The molecule has 4 N–H and O–H groups in total. The fourth-order valence-corrected chi connectivity index (χ4v) is 13.3. The number of anilines is 1. The first kappa shape index (κ1) is 38.5. The summed E-state index contributed by atoms with van der Waals surface area (Å²) < 4.78 is 127. The van der Waals surface area contributed by atoms with Gasteiger partial charge in [0.1, 0.15) is 15.6 Å². The van der Waals surface area contributed by atoms with Crippen molar-refractivity contribution < 1.29 is 52.5 Å². The van der Waals surface area contributed by atoms with Crippen LogP contribution in [0, 0.1) is 5.41 Å². The molecular weight excluding hydrogens is 794 g/mol. The quantitative estimate of drug-likeness (QED) is 0.158. The summed E-state index contributed by atoms with van der Waals surface area (Å²) >= 11 is 5.51. The van der Waals surface area contributed by atoms with Crippen molar-refractivity contribution in [2.45, 2.75) is 25.1 Å². The molecule has 0 bridgehead atoms.